The van der Waals surface area contributed by atoms with Crippen molar-refractivity contribution in [3.63, 3.8) is 0 Å². The van der Waals surface area contributed by atoms with Gasteiger partial charge in [-0.3, -0.25) is 9.59 Å². The number of carbonyl (C=O) groups excluding carboxylic acids is 2. The van der Waals surface area contributed by atoms with Crippen LogP contribution >= 0.6 is 12.4 Å². The van der Waals surface area contributed by atoms with E-state index in [0.29, 0.717) is 18.0 Å². The summed E-state index contributed by atoms with van der Waals surface area (Å²) in [6, 6.07) is 10.7. The fourth-order valence-corrected chi connectivity index (χ4v) is 2.42. The first-order chi connectivity index (χ1) is 13.3. The van der Waals surface area contributed by atoms with E-state index in [-0.39, 0.29) is 42.5 Å². The molecular formula is C21H27ClFN3O3. The molecule has 158 valence electrons. The van der Waals surface area contributed by atoms with Gasteiger partial charge in [0.2, 0.25) is 11.8 Å². The lowest BCUT2D eigenvalue weighted by molar-refractivity contribution is -0.127. The van der Waals surface area contributed by atoms with Crippen molar-refractivity contribution in [3.8, 4) is 11.5 Å². The van der Waals surface area contributed by atoms with Gasteiger partial charge in [-0.1, -0.05) is 26.0 Å². The molecule has 2 aromatic carbocycles. The summed E-state index contributed by atoms with van der Waals surface area (Å²) in [5.74, 6) is 0.230. The number of benzene rings is 2. The molecular weight excluding hydrogens is 397 g/mol. The highest BCUT2D eigenvalue weighted by Gasteiger charge is 2.17. The Labute approximate surface area is 176 Å². The molecule has 0 spiro atoms. The Kier molecular flexibility index (Phi) is 9.58. The van der Waals surface area contributed by atoms with E-state index < -0.39 is 6.04 Å². The second-order valence-corrected chi connectivity index (χ2v) is 6.92. The Bertz CT molecular complexity index is 828. The maximum Gasteiger partial charge on any atom is 0.239 e. The number of nitrogens with two attached hydrogens (primary N) is 1. The third-order valence-corrected chi connectivity index (χ3v) is 4.21. The highest BCUT2D eigenvalue weighted by Crippen LogP contribution is 2.25. The maximum atomic E-state index is 13.0. The predicted molar refractivity (Wildman–Crippen MR) is 113 cm³/mol. The molecule has 2 rings (SSSR count). The van der Waals surface area contributed by atoms with Crippen LogP contribution in [0.3, 0.4) is 0 Å². The Morgan fingerprint density at radius 3 is 2.34 bits per heavy atom. The minimum Gasteiger partial charge on any atom is -0.457 e. The summed E-state index contributed by atoms with van der Waals surface area (Å²) < 4.78 is 18.7. The molecule has 0 saturated carbocycles. The Morgan fingerprint density at radius 1 is 1.10 bits per heavy atom. The van der Waals surface area contributed by atoms with Crippen LogP contribution in [0.4, 0.5) is 4.39 Å². The molecule has 0 fully saturated rings. The van der Waals surface area contributed by atoms with Crippen LogP contribution in [0.25, 0.3) is 0 Å². The van der Waals surface area contributed by atoms with Crippen molar-refractivity contribution in [3.05, 3.63) is 59.4 Å². The molecule has 0 saturated heterocycles. The van der Waals surface area contributed by atoms with Crippen molar-refractivity contribution < 1.29 is 18.7 Å². The van der Waals surface area contributed by atoms with Crippen LogP contribution in [0, 0.1) is 18.7 Å². The predicted octanol–water partition coefficient (Wildman–Crippen LogP) is 3.06. The number of ether oxygens (including phenoxy) is 1. The van der Waals surface area contributed by atoms with Crippen LogP contribution in [-0.2, 0) is 16.1 Å². The van der Waals surface area contributed by atoms with Gasteiger partial charge in [0.25, 0.3) is 0 Å². The summed E-state index contributed by atoms with van der Waals surface area (Å²) in [7, 11) is 0. The molecule has 0 aliphatic rings. The van der Waals surface area contributed by atoms with E-state index in [1.165, 1.54) is 12.1 Å². The van der Waals surface area contributed by atoms with Gasteiger partial charge in [-0.15, -0.1) is 12.4 Å². The van der Waals surface area contributed by atoms with Gasteiger partial charge in [0, 0.05) is 6.54 Å². The smallest absolute Gasteiger partial charge is 0.239 e. The molecule has 2 aromatic rings. The number of nitrogens with one attached hydrogen (secondary N) is 2. The van der Waals surface area contributed by atoms with Gasteiger partial charge < -0.3 is 21.1 Å². The van der Waals surface area contributed by atoms with E-state index in [1.54, 1.807) is 18.2 Å². The third-order valence-electron chi connectivity index (χ3n) is 4.21. The van der Waals surface area contributed by atoms with E-state index >= 15 is 0 Å². The molecule has 0 heterocycles. The molecule has 29 heavy (non-hydrogen) atoms. The molecule has 2 amide bonds. The molecule has 0 aromatic heterocycles. The first kappa shape index (κ1) is 24.4. The number of carbonyl (C=O) groups is 2. The summed E-state index contributed by atoms with van der Waals surface area (Å²) in [4.78, 5) is 23.7. The molecule has 0 aliphatic carbocycles. The van der Waals surface area contributed by atoms with E-state index in [0.717, 1.165) is 11.1 Å². The van der Waals surface area contributed by atoms with Crippen LogP contribution in [0.1, 0.15) is 25.0 Å². The van der Waals surface area contributed by atoms with Gasteiger partial charge in [0.1, 0.15) is 17.3 Å². The van der Waals surface area contributed by atoms with Gasteiger partial charge >= 0.3 is 0 Å². The lowest BCUT2D eigenvalue weighted by Crippen LogP contribution is -2.47. The largest absolute Gasteiger partial charge is 0.457 e. The van der Waals surface area contributed by atoms with Crippen LogP contribution in [0.15, 0.2) is 42.5 Å². The second kappa shape index (κ2) is 11.4. The molecule has 4 N–H and O–H groups in total. The normalized spacial score (nSPS) is 11.4. The van der Waals surface area contributed by atoms with Crippen LogP contribution < -0.4 is 21.1 Å². The number of aryl methyl sites for hydroxylation is 1. The van der Waals surface area contributed by atoms with E-state index in [2.05, 4.69) is 10.6 Å². The number of hydrogen-bond donors (Lipinski definition) is 3. The average Bonchev–Trinajstić information content (AvgIpc) is 2.67. The minimum absolute atomic E-state index is 0. The van der Waals surface area contributed by atoms with E-state index in [1.807, 2.05) is 32.9 Å². The second-order valence-electron chi connectivity index (χ2n) is 6.92. The van der Waals surface area contributed by atoms with E-state index in [9.17, 15) is 14.0 Å². The molecule has 8 heteroatoms. The van der Waals surface area contributed by atoms with Crippen LogP contribution in [0.2, 0.25) is 0 Å². The molecule has 1 atom stereocenters. The standard InChI is InChI=1S/C21H26FN3O3.ClH/c1-13(2)20(23)21(27)25-12-19(26)24-11-15-4-9-18(14(3)10-15)28-17-7-5-16(22)6-8-17;/h4-10,13,20H,11-12,23H2,1-3H3,(H,24,26)(H,25,27);1H/t20-;/m0./s1. The molecule has 0 aliphatic heterocycles. The van der Waals surface area contributed by atoms with Crippen molar-refractivity contribution in [2.24, 2.45) is 11.7 Å². The summed E-state index contributed by atoms with van der Waals surface area (Å²) in [5, 5.41) is 5.28. The number of amides is 2. The monoisotopic (exact) mass is 423 g/mol. The van der Waals surface area contributed by atoms with Gasteiger partial charge in [0.05, 0.1) is 12.6 Å². The van der Waals surface area contributed by atoms with Gasteiger partial charge in [0.15, 0.2) is 0 Å². The van der Waals surface area contributed by atoms with Crippen molar-refractivity contribution in [2.45, 2.75) is 33.4 Å². The SMILES string of the molecule is Cc1cc(CNC(=O)CNC(=O)[C@@H](N)C(C)C)ccc1Oc1ccc(F)cc1.Cl. The number of hydrogen-bond acceptors (Lipinski definition) is 4. The van der Waals surface area contributed by atoms with Crippen molar-refractivity contribution in [1.82, 2.24) is 10.6 Å². The molecule has 6 nitrogen and oxygen atoms in total. The van der Waals surface area contributed by atoms with Gasteiger partial charge in [-0.05, 0) is 54.3 Å². The van der Waals surface area contributed by atoms with Crippen LogP contribution in [0.5, 0.6) is 11.5 Å². The van der Waals surface area contributed by atoms with Crippen LogP contribution in [-0.4, -0.2) is 24.4 Å². The zero-order valence-corrected chi connectivity index (χ0v) is 17.5. The van der Waals surface area contributed by atoms with Gasteiger partial charge in [-0.2, -0.15) is 0 Å². The third kappa shape index (κ3) is 7.71. The first-order valence-corrected chi connectivity index (χ1v) is 9.09. The van der Waals surface area contributed by atoms with Crippen molar-refractivity contribution >= 4 is 24.2 Å². The summed E-state index contributed by atoms with van der Waals surface area (Å²) in [6.07, 6.45) is 0. The highest BCUT2D eigenvalue weighted by atomic mass is 35.5. The summed E-state index contributed by atoms with van der Waals surface area (Å²) in [6.45, 7) is 5.77. The lowest BCUT2D eigenvalue weighted by Gasteiger charge is -2.15. The average molecular weight is 424 g/mol. The highest BCUT2D eigenvalue weighted by molar-refractivity contribution is 5.87. The molecule has 0 unspecified atom stereocenters. The number of halogens is 2. The molecule has 0 radical (unpaired) electrons. The first-order valence-electron chi connectivity index (χ1n) is 9.09. The van der Waals surface area contributed by atoms with E-state index in [4.69, 9.17) is 10.5 Å². The maximum absolute atomic E-state index is 13.0. The Hall–Kier alpha value is -2.64. The topological polar surface area (TPSA) is 93.5 Å². The Balaban J connectivity index is 0.00000420. The summed E-state index contributed by atoms with van der Waals surface area (Å²) in [5.41, 5.74) is 7.50. The summed E-state index contributed by atoms with van der Waals surface area (Å²) >= 11 is 0. The molecule has 0 bridgehead atoms. The minimum atomic E-state index is -0.635. The number of rotatable bonds is 8. The zero-order valence-electron chi connectivity index (χ0n) is 16.7. The zero-order chi connectivity index (χ0) is 20.7. The lowest BCUT2D eigenvalue weighted by atomic mass is 10.1. The fourth-order valence-electron chi connectivity index (χ4n) is 2.42. The van der Waals surface area contributed by atoms with Crippen molar-refractivity contribution in [1.29, 1.82) is 0 Å². The van der Waals surface area contributed by atoms with Gasteiger partial charge in [-0.25, -0.2) is 4.39 Å². The van der Waals surface area contributed by atoms with Crippen molar-refractivity contribution in [2.75, 3.05) is 6.54 Å². The Morgan fingerprint density at radius 2 is 1.76 bits per heavy atom. The quantitative estimate of drug-likeness (QED) is 0.608. The fraction of sp³-hybridized carbons (Fsp3) is 0.333.